The first-order valence-corrected chi connectivity index (χ1v) is 23.2. The highest BCUT2D eigenvalue weighted by Crippen LogP contribution is 2.29. The summed E-state index contributed by atoms with van der Waals surface area (Å²) in [5.41, 5.74) is 1.96. The second kappa shape index (κ2) is 15.8. The van der Waals surface area contributed by atoms with E-state index in [9.17, 15) is 33.7 Å². The van der Waals surface area contributed by atoms with Crippen LogP contribution in [0.3, 0.4) is 0 Å². The Morgan fingerprint density at radius 1 is 0.397 bits per heavy atom. The van der Waals surface area contributed by atoms with Crippen molar-refractivity contribution in [1.29, 1.82) is 0 Å². The summed E-state index contributed by atoms with van der Waals surface area (Å²) in [6.07, 6.45) is 1.70. The molecule has 0 aliphatic heterocycles. The molecule has 0 aromatic heterocycles. The van der Waals surface area contributed by atoms with Gasteiger partial charge in [-0.1, -0.05) is 70.0 Å². The van der Waals surface area contributed by atoms with Gasteiger partial charge < -0.3 is 8.37 Å². The molecule has 1 fully saturated rings. The number of nitrogens with zero attached hydrogens (tertiary/aromatic N) is 2. The molecule has 0 amide bonds. The second-order valence-corrected chi connectivity index (χ2v) is 19.5. The Morgan fingerprint density at radius 2 is 0.724 bits per heavy atom. The fraction of sp³-hybridized carbons (Fsp3) is 0.150. The summed E-state index contributed by atoms with van der Waals surface area (Å²) in [5.74, 6) is 0.0717. The molecule has 0 radical (unpaired) electrons. The van der Waals surface area contributed by atoms with E-state index in [-0.39, 0.29) is 55.3 Å². The van der Waals surface area contributed by atoms with Gasteiger partial charge in [0.2, 0.25) is 0 Å². The standard InChI is InChI=1S/C40H34N2O12S4/c1-27-7-17-35(18-8-27)55(43,44)51-33-15-11-31-25-37(21-13-29(31)23-33)57(47,48)53-41-39-5-3-4-6-40(39)42-54-58(49,50)38-22-14-30-24-34(16-12-32(30)26-38)52-56(45,46)36-19-9-28(2)10-20-36/h7-26H,3-6H2,1-2H3/b41-39-,42-40+. The van der Waals surface area contributed by atoms with Gasteiger partial charge in [0.05, 0.1) is 0 Å². The average molecular weight is 863 g/mol. The Hall–Kier alpha value is -5.82. The van der Waals surface area contributed by atoms with Crippen LogP contribution in [-0.2, 0) is 49.0 Å². The summed E-state index contributed by atoms with van der Waals surface area (Å²) in [6.45, 7) is 3.66. The van der Waals surface area contributed by atoms with Crippen molar-refractivity contribution in [2.75, 3.05) is 0 Å². The molecule has 1 aliphatic carbocycles. The molecule has 58 heavy (non-hydrogen) atoms. The smallest absolute Gasteiger partial charge is 0.358 e. The van der Waals surface area contributed by atoms with Gasteiger partial charge in [-0.05, 0) is 134 Å². The van der Waals surface area contributed by atoms with Crippen LogP contribution in [0.5, 0.6) is 11.5 Å². The molecule has 0 bridgehead atoms. The van der Waals surface area contributed by atoms with Crippen molar-refractivity contribution < 1.29 is 50.6 Å². The minimum Gasteiger partial charge on any atom is -0.379 e. The first-order chi connectivity index (χ1) is 27.5. The largest absolute Gasteiger partial charge is 0.379 e. The highest BCUT2D eigenvalue weighted by molar-refractivity contribution is 7.87. The van der Waals surface area contributed by atoms with Crippen molar-refractivity contribution in [3.63, 3.8) is 0 Å². The summed E-state index contributed by atoms with van der Waals surface area (Å²) < 4.78 is 124. The number of hydrogen-bond acceptors (Lipinski definition) is 14. The molecule has 1 aliphatic rings. The van der Waals surface area contributed by atoms with E-state index in [2.05, 4.69) is 10.3 Å². The van der Waals surface area contributed by atoms with Gasteiger partial charge in [0, 0.05) is 0 Å². The molecule has 7 rings (SSSR count). The normalized spacial score (nSPS) is 15.4. The molecule has 300 valence electrons. The summed E-state index contributed by atoms with van der Waals surface area (Å²) in [4.78, 5) is -0.494. The van der Waals surface area contributed by atoms with Crippen molar-refractivity contribution >= 4 is 73.4 Å². The Kier molecular flexibility index (Phi) is 11.0. The van der Waals surface area contributed by atoms with Crippen LogP contribution in [0.1, 0.15) is 36.8 Å². The third kappa shape index (κ3) is 9.15. The van der Waals surface area contributed by atoms with Crippen molar-refractivity contribution in [3.05, 3.63) is 132 Å². The molecular formula is C40H34N2O12S4. The third-order valence-electron chi connectivity index (χ3n) is 9.08. The van der Waals surface area contributed by atoms with Gasteiger partial charge in [-0.3, -0.25) is 8.57 Å². The van der Waals surface area contributed by atoms with Crippen LogP contribution in [-0.4, -0.2) is 45.1 Å². The Morgan fingerprint density at radius 3 is 1.10 bits per heavy atom. The number of benzene rings is 6. The van der Waals surface area contributed by atoms with Crippen LogP contribution in [0.25, 0.3) is 21.5 Å². The lowest BCUT2D eigenvalue weighted by Crippen LogP contribution is -2.21. The maximum atomic E-state index is 13.2. The van der Waals surface area contributed by atoms with Gasteiger partial charge in [0.15, 0.2) is 0 Å². The minimum atomic E-state index is -4.46. The number of hydrogen-bond donors (Lipinski definition) is 0. The van der Waals surface area contributed by atoms with Crippen LogP contribution in [0.2, 0.25) is 0 Å². The maximum absolute atomic E-state index is 13.2. The zero-order valence-corrected chi connectivity index (χ0v) is 34.1. The van der Waals surface area contributed by atoms with E-state index in [1.165, 1.54) is 97.1 Å². The number of oxime groups is 2. The van der Waals surface area contributed by atoms with E-state index < -0.39 is 40.5 Å². The van der Waals surface area contributed by atoms with Crippen LogP contribution >= 0.6 is 0 Å². The molecule has 0 spiro atoms. The highest BCUT2D eigenvalue weighted by atomic mass is 32.2. The van der Waals surface area contributed by atoms with E-state index in [1.54, 1.807) is 24.3 Å². The first-order valence-electron chi connectivity index (χ1n) is 17.6. The summed E-state index contributed by atoms with van der Waals surface area (Å²) in [5, 5.41) is 9.56. The van der Waals surface area contributed by atoms with E-state index in [0.717, 1.165) is 11.1 Å². The molecule has 1 saturated carbocycles. The van der Waals surface area contributed by atoms with E-state index >= 15 is 0 Å². The van der Waals surface area contributed by atoms with Crippen molar-refractivity contribution in [3.8, 4) is 11.5 Å². The first kappa shape index (κ1) is 40.4. The zero-order chi connectivity index (χ0) is 41.3. The SMILES string of the molecule is Cc1ccc(S(=O)(=O)Oc2ccc3cc(S(=O)(=O)O/N=C4/CCCC/C4=N\OS(=O)(=O)c4ccc5cc(OS(=O)(=O)c6ccc(C)cc6)ccc5c4)ccc3c2)cc1. The van der Waals surface area contributed by atoms with Crippen molar-refractivity contribution in [1.82, 2.24) is 0 Å². The molecule has 18 heteroatoms. The quantitative estimate of drug-likeness (QED) is 0.0867. The minimum absolute atomic E-state index is 0.0121. The zero-order valence-electron chi connectivity index (χ0n) is 30.8. The fourth-order valence-electron chi connectivity index (χ4n) is 5.92. The molecule has 0 unspecified atom stereocenters. The molecule has 6 aromatic carbocycles. The van der Waals surface area contributed by atoms with Crippen LogP contribution in [0.15, 0.2) is 151 Å². The highest BCUT2D eigenvalue weighted by Gasteiger charge is 2.24. The Bertz CT molecular complexity index is 2870. The lowest BCUT2D eigenvalue weighted by molar-refractivity contribution is 0.331. The monoisotopic (exact) mass is 862 g/mol. The Labute approximate surface area is 335 Å². The van der Waals surface area contributed by atoms with Crippen LogP contribution in [0, 0.1) is 13.8 Å². The lowest BCUT2D eigenvalue weighted by atomic mass is 9.97. The summed E-state index contributed by atoms with van der Waals surface area (Å²) in [6, 6.07) is 29.2. The van der Waals surface area contributed by atoms with Crippen LogP contribution in [0.4, 0.5) is 0 Å². The molecule has 0 N–H and O–H groups in total. The van der Waals surface area contributed by atoms with Gasteiger partial charge >= 0.3 is 40.5 Å². The lowest BCUT2D eigenvalue weighted by Gasteiger charge is -2.14. The van der Waals surface area contributed by atoms with Crippen LogP contribution < -0.4 is 8.37 Å². The molecular weight excluding hydrogens is 829 g/mol. The second-order valence-electron chi connectivity index (χ2n) is 13.4. The van der Waals surface area contributed by atoms with Crippen molar-refractivity contribution in [2.24, 2.45) is 10.3 Å². The number of rotatable bonds is 12. The fourth-order valence-corrected chi connectivity index (χ4v) is 9.33. The Balaban J connectivity index is 1.03. The molecule has 0 saturated heterocycles. The number of aryl methyl sites for hydroxylation is 2. The summed E-state index contributed by atoms with van der Waals surface area (Å²) in [7, 11) is -17.1. The van der Waals surface area contributed by atoms with Gasteiger partial charge in [-0.15, -0.1) is 0 Å². The topological polar surface area (TPSA) is 198 Å². The number of fused-ring (bicyclic) bond motifs is 2. The van der Waals surface area contributed by atoms with Gasteiger partial charge in [-0.25, -0.2) is 0 Å². The van der Waals surface area contributed by atoms with Crippen molar-refractivity contribution in [2.45, 2.75) is 59.1 Å². The summed E-state index contributed by atoms with van der Waals surface area (Å²) >= 11 is 0. The molecule has 0 atom stereocenters. The van der Waals surface area contributed by atoms with E-state index in [1.807, 2.05) is 13.8 Å². The average Bonchev–Trinajstić information content (AvgIpc) is 3.19. The van der Waals surface area contributed by atoms with E-state index in [0.29, 0.717) is 34.4 Å². The molecule has 6 aromatic rings. The van der Waals surface area contributed by atoms with Gasteiger partial charge in [0.25, 0.3) is 0 Å². The predicted octanol–water partition coefficient (Wildman–Crippen LogP) is 7.54. The molecule has 0 heterocycles. The van der Waals surface area contributed by atoms with Gasteiger partial charge in [-0.2, -0.15) is 33.7 Å². The van der Waals surface area contributed by atoms with Gasteiger partial charge in [0.1, 0.15) is 42.5 Å². The third-order valence-corrected chi connectivity index (χ3v) is 13.8. The molecule has 14 nitrogen and oxygen atoms in total. The van der Waals surface area contributed by atoms with E-state index in [4.69, 9.17) is 16.9 Å². The maximum Gasteiger partial charge on any atom is 0.358 e. The predicted molar refractivity (Wildman–Crippen MR) is 216 cm³/mol.